The van der Waals surface area contributed by atoms with Crippen LogP contribution in [0.3, 0.4) is 0 Å². The fourth-order valence-electron chi connectivity index (χ4n) is 2.09. The maximum Gasteiger partial charge on any atom is 0.270 e. The molecule has 0 radical (unpaired) electrons. The van der Waals surface area contributed by atoms with Gasteiger partial charge < -0.3 is 10.2 Å². The van der Waals surface area contributed by atoms with Gasteiger partial charge in [0.05, 0.1) is 6.04 Å². The van der Waals surface area contributed by atoms with Gasteiger partial charge in [-0.15, -0.1) is 0 Å². The van der Waals surface area contributed by atoms with Gasteiger partial charge in [0.15, 0.2) is 0 Å². The first-order chi connectivity index (χ1) is 10.1. The number of pyridine rings is 1. The van der Waals surface area contributed by atoms with E-state index in [9.17, 15) is 9.18 Å². The van der Waals surface area contributed by atoms with Crippen LogP contribution < -0.4 is 5.32 Å². The lowest BCUT2D eigenvalue weighted by Gasteiger charge is -2.25. The Morgan fingerprint density at radius 3 is 2.52 bits per heavy atom. The molecule has 0 aliphatic heterocycles. The van der Waals surface area contributed by atoms with Crippen LogP contribution in [0, 0.1) is 5.95 Å². The van der Waals surface area contributed by atoms with Crippen LogP contribution in [-0.2, 0) is 0 Å². The highest BCUT2D eigenvalue weighted by molar-refractivity contribution is 5.92. The lowest BCUT2D eigenvalue weighted by molar-refractivity contribution is 0.0935. The number of carbonyl (C=O) groups excluding carboxylic acids is 1. The summed E-state index contributed by atoms with van der Waals surface area (Å²) < 4.78 is 13.0. The Morgan fingerprint density at radius 2 is 1.90 bits per heavy atom. The molecule has 0 bridgehead atoms. The molecule has 4 nitrogen and oxygen atoms in total. The topological polar surface area (TPSA) is 45.2 Å². The van der Waals surface area contributed by atoms with Gasteiger partial charge in [-0.05, 0) is 31.8 Å². The second kappa shape index (κ2) is 6.95. The summed E-state index contributed by atoms with van der Waals surface area (Å²) in [6.45, 7) is 0.425. The molecule has 2 rings (SSSR count). The average molecular weight is 287 g/mol. The molecule has 0 saturated carbocycles. The Balaban J connectivity index is 2.04. The molecule has 21 heavy (non-hydrogen) atoms. The zero-order chi connectivity index (χ0) is 15.2. The summed E-state index contributed by atoms with van der Waals surface area (Å²) in [6, 6.07) is 14.1. The summed E-state index contributed by atoms with van der Waals surface area (Å²) in [6.07, 6.45) is 0. The van der Waals surface area contributed by atoms with Crippen molar-refractivity contribution in [1.29, 1.82) is 0 Å². The van der Waals surface area contributed by atoms with Crippen LogP contribution >= 0.6 is 0 Å². The van der Waals surface area contributed by atoms with Crippen LogP contribution in [0.1, 0.15) is 22.1 Å². The summed E-state index contributed by atoms with van der Waals surface area (Å²) in [5.41, 5.74) is 1.19. The van der Waals surface area contributed by atoms with Crippen LogP contribution in [0.5, 0.6) is 0 Å². The normalized spacial score (nSPS) is 12.2. The number of nitrogens with one attached hydrogen (secondary N) is 1. The van der Waals surface area contributed by atoms with Gasteiger partial charge in [-0.25, -0.2) is 4.98 Å². The van der Waals surface area contributed by atoms with Crippen molar-refractivity contribution in [2.75, 3.05) is 20.6 Å². The molecule has 1 N–H and O–H groups in total. The first-order valence-corrected chi connectivity index (χ1v) is 6.70. The highest BCUT2D eigenvalue weighted by Gasteiger charge is 2.16. The number of hydrogen-bond donors (Lipinski definition) is 1. The second-order valence-electron chi connectivity index (χ2n) is 4.95. The van der Waals surface area contributed by atoms with Gasteiger partial charge in [0.25, 0.3) is 5.91 Å². The van der Waals surface area contributed by atoms with E-state index < -0.39 is 5.95 Å². The Hall–Kier alpha value is -2.27. The van der Waals surface area contributed by atoms with Crippen molar-refractivity contribution in [3.05, 3.63) is 65.7 Å². The number of aromatic nitrogens is 1. The van der Waals surface area contributed by atoms with Crippen molar-refractivity contribution in [3.8, 4) is 0 Å². The van der Waals surface area contributed by atoms with E-state index >= 15 is 0 Å². The van der Waals surface area contributed by atoms with E-state index in [1.54, 1.807) is 0 Å². The van der Waals surface area contributed by atoms with E-state index in [1.165, 1.54) is 18.2 Å². The number of halogens is 1. The summed E-state index contributed by atoms with van der Waals surface area (Å²) in [7, 11) is 3.90. The van der Waals surface area contributed by atoms with Crippen LogP contribution in [0.2, 0.25) is 0 Å². The van der Waals surface area contributed by atoms with Crippen molar-refractivity contribution >= 4 is 5.91 Å². The molecule has 5 heteroatoms. The first kappa shape index (κ1) is 15.1. The number of carbonyl (C=O) groups is 1. The minimum atomic E-state index is -0.658. The van der Waals surface area contributed by atoms with Gasteiger partial charge in [0.2, 0.25) is 5.95 Å². The standard InChI is InChI=1S/C16H18FN3O/c1-20(2)14(12-7-4-3-5-8-12)11-18-16(21)13-9-6-10-15(17)19-13/h3-10,14H,11H2,1-2H3,(H,18,21). The van der Waals surface area contributed by atoms with E-state index in [4.69, 9.17) is 0 Å². The highest BCUT2D eigenvalue weighted by atomic mass is 19.1. The molecule has 1 heterocycles. The lowest BCUT2D eigenvalue weighted by Crippen LogP contribution is -2.34. The van der Waals surface area contributed by atoms with Crippen LogP contribution in [-0.4, -0.2) is 36.4 Å². The summed E-state index contributed by atoms with van der Waals surface area (Å²) in [5.74, 6) is -1.04. The van der Waals surface area contributed by atoms with Crippen LogP contribution in [0.15, 0.2) is 48.5 Å². The van der Waals surface area contributed by atoms with Crippen LogP contribution in [0.4, 0.5) is 4.39 Å². The van der Waals surface area contributed by atoms with E-state index in [0.29, 0.717) is 6.54 Å². The number of likely N-dealkylation sites (N-methyl/N-ethyl adjacent to an activating group) is 1. The number of benzene rings is 1. The van der Waals surface area contributed by atoms with Crippen molar-refractivity contribution < 1.29 is 9.18 Å². The maximum absolute atomic E-state index is 13.0. The molecule has 1 unspecified atom stereocenters. The minimum absolute atomic E-state index is 0.0451. The minimum Gasteiger partial charge on any atom is -0.349 e. The Kier molecular flexibility index (Phi) is 5.00. The Labute approximate surface area is 123 Å². The predicted molar refractivity (Wildman–Crippen MR) is 79.4 cm³/mol. The van der Waals surface area contributed by atoms with E-state index in [0.717, 1.165) is 5.56 Å². The lowest BCUT2D eigenvalue weighted by atomic mass is 10.1. The first-order valence-electron chi connectivity index (χ1n) is 6.70. The van der Waals surface area contributed by atoms with Gasteiger partial charge in [-0.3, -0.25) is 4.79 Å². The molecule has 0 fully saturated rings. The molecule has 0 aliphatic rings. The smallest absolute Gasteiger partial charge is 0.270 e. The van der Waals surface area contributed by atoms with Crippen molar-refractivity contribution in [2.24, 2.45) is 0 Å². The summed E-state index contributed by atoms with van der Waals surface area (Å²) in [5, 5.41) is 2.80. The molecule has 2 aromatic rings. The Bertz CT molecular complexity index is 601. The van der Waals surface area contributed by atoms with Gasteiger partial charge in [0, 0.05) is 6.54 Å². The number of rotatable bonds is 5. The van der Waals surface area contributed by atoms with Crippen molar-refractivity contribution in [1.82, 2.24) is 15.2 Å². The quantitative estimate of drug-likeness (QED) is 0.858. The third kappa shape index (κ3) is 4.10. The van der Waals surface area contributed by atoms with E-state index in [1.807, 2.05) is 49.3 Å². The molecule has 1 aromatic heterocycles. The second-order valence-corrected chi connectivity index (χ2v) is 4.95. The summed E-state index contributed by atoms with van der Waals surface area (Å²) >= 11 is 0. The molecule has 0 spiro atoms. The molecule has 0 saturated heterocycles. The number of nitrogens with zero attached hydrogens (tertiary/aromatic N) is 2. The van der Waals surface area contributed by atoms with Crippen molar-refractivity contribution in [2.45, 2.75) is 6.04 Å². The van der Waals surface area contributed by atoms with Gasteiger partial charge >= 0.3 is 0 Å². The van der Waals surface area contributed by atoms with Crippen LogP contribution in [0.25, 0.3) is 0 Å². The molecular weight excluding hydrogens is 269 g/mol. The largest absolute Gasteiger partial charge is 0.349 e. The van der Waals surface area contributed by atoms with E-state index in [-0.39, 0.29) is 17.6 Å². The zero-order valence-corrected chi connectivity index (χ0v) is 12.1. The molecule has 0 aliphatic carbocycles. The fourth-order valence-corrected chi connectivity index (χ4v) is 2.09. The average Bonchev–Trinajstić information content (AvgIpc) is 2.48. The van der Waals surface area contributed by atoms with Crippen molar-refractivity contribution in [3.63, 3.8) is 0 Å². The Morgan fingerprint density at radius 1 is 1.19 bits per heavy atom. The monoisotopic (exact) mass is 287 g/mol. The third-order valence-electron chi connectivity index (χ3n) is 3.21. The van der Waals surface area contributed by atoms with Gasteiger partial charge in [0.1, 0.15) is 5.69 Å². The van der Waals surface area contributed by atoms with Gasteiger partial charge in [-0.2, -0.15) is 4.39 Å². The highest BCUT2D eigenvalue weighted by Crippen LogP contribution is 2.16. The molecule has 110 valence electrons. The molecule has 1 amide bonds. The number of hydrogen-bond acceptors (Lipinski definition) is 3. The predicted octanol–water partition coefficient (Wildman–Crippen LogP) is 2.25. The molecule has 1 aromatic carbocycles. The molecule has 1 atom stereocenters. The SMILES string of the molecule is CN(C)C(CNC(=O)c1cccc(F)n1)c1ccccc1. The fraction of sp³-hybridized carbons (Fsp3) is 0.250. The van der Waals surface area contributed by atoms with Gasteiger partial charge in [-0.1, -0.05) is 36.4 Å². The summed E-state index contributed by atoms with van der Waals surface area (Å²) in [4.78, 5) is 17.6. The zero-order valence-electron chi connectivity index (χ0n) is 12.1. The third-order valence-corrected chi connectivity index (χ3v) is 3.21. The molecular formula is C16H18FN3O. The van der Waals surface area contributed by atoms with E-state index in [2.05, 4.69) is 10.3 Å². The maximum atomic E-state index is 13.0. The number of amides is 1.